The first-order valence-electron chi connectivity index (χ1n) is 8.68. The maximum Gasteiger partial charge on any atom is 0.310 e. The smallest absolute Gasteiger partial charge is 0.310 e. The summed E-state index contributed by atoms with van der Waals surface area (Å²) in [4.78, 5) is 21.2. The van der Waals surface area contributed by atoms with Crippen LogP contribution in [0.5, 0.6) is 0 Å². The van der Waals surface area contributed by atoms with E-state index in [-0.39, 0.29) is 11.4 Å². The molecule has 0 fully saturated rings. The molecule has 1 unspecified atom stereocenters. The third-order valence-electron chi connectivity index (χ3n) is 3.96. The Balaban J connectivity index is 0.000000283. The summed E-state index contributed by atoms with van der Waals surface area (Å²) in [7, 11) is 0. The molecular formula is C21H23Cl3O4. The van der Waals surface area contributed by atoms with Gasteiger partial charge in [-0.05, 0) is 42.5 Å². The largest absolute Gasteiger partial charge is 0.481 e. The van der Waals surface area contributed by atoms with E-state index in [0.29, 0.717) is 21.5 Å². The highest BCUT2D eigenvalue weighted by molar-refractivity contribution is 6.44. The van der Waals surface area contributed by atoms with Crippen molar-refractivity contribution in [3.8, 4) is 0 Å². The van der Waals surface area contributed by atoms with E-state index in [1.54, 1.807) is 6.92 Å². The number of hydrogen-bond donors (Lipinski definition) is 2. The lowest BCUT2D eigenvalue weighted by atomic mass is 9.97. The number of carboxylic acid groups (broad SMARTS) is 2. The molecule has 152 valence electrons. The van der Waals surface area contributed by atoms with E-state index in [4.69, 9.17) is 45.0 Å². The fraction of sp³-hybridized carbons (Fsp3) is 0.333. The zero-order valence-corrected chi connectivity index (χ0v) is 18.1. The van der Waals surface area contributed by atoms with E-state index in [1.807, 2.05) is 24.3 Å². The standard InChI is InChI=1S/C13H18O2.C8H5Cl3O2/c1-9(2)8-11-4-6-12(7-5-11)10(3)13(14)15;9-5-1-2-6(10)8(11)4(5)3-7(12)13/h4-7,9-10H,8H2,1-3H3,(H,14,15);1-2H,3H2,(H,12,13). The molecule has 0 aromatic heterocycles. The molecule has 0 aliphatic rings. The molecule has 2 N–H and O–H groups in total. The quantitative estimate of drug-likeness (QED) is 0.508. The Kier molecular flexibility index (Phi) is 9.80. The summed E-state index contributed by atoms with van der Waals surface area (Å²) in [6.07, 6.45) is 0.819. The Morgan fingerprint density at radius 1 is 0.893 bits per heavy atom. The molecule has 0 bridgehead atoms. The summed E-state index contributed by atoms with van der Waals surface area (Å²) < 4.78 is 0. The number of aliphatic carboxylic acids is 2. The number of benzene rings is 2. The number of rotatable bonds is 6. The molecule has 0 amide bonds. The van der Waals surface area contributed by atoms with Gasteiger partial charge in [0, 0.05) is 10.6 Å². The molecular weight excluding hydrogens is 423 g/mol. The molecule has 2 aromatic rings. The fourth-order valence-corrected chi connectivity index (χ4v) is 3.12. The van der Waals surface area contributed by atoms with Crippen molar-refractivity contribution in [1.82, 2.24) is 0 Å². The van der Waals surface area contributed by atoms with Crippen molar-refractivity contribution < 1.29 is 19.8 Å². The van der Waals surface area contributed by atoms with Crippen LogP contribution in [0.25, 0.3) is 0 Å². The third kappa shape index (κ3) is 7.70. The molecule has 2 aromatic carbocycles. The van der Waals surface area contributed by atoms with Gasteiger partial charge in [0.1, 0.15) is 0 Å². The highest BCUT2D eigenvalue weighted by atomic mass is 35.5. The van der Waals surface area contributed by atoms with E-state index in [1.165, 1.54) is 17.7 Å². The van der Waals surface area contributed by atoms with Crippen molar-refractivity contribution in [3.63, 3.8) is 0 Å². The lowest BCUT2D eigenvalue weighted by molar-refractivity contribution is -0.138. The average molecular weight is 446 g/mol. The summed E-state index contributed by atoms with van der Waals surface area (Å²) >= 11 is 17.2. The van der Waals surface area contributed by atoms with E-state index in [0.717, 1.165) is 12.0 Å². The minimum Gasteiger partial charge on any atom is -0.481 e. The summed E-state index contributed by atoms with van der Waals surface area (Å²) in [5.74, 6) is -1.55. The zero-order valence-electron chi connectivity index (χ0n) is 15.9. The average Bonchev–Trinajstić information content (AvgIpc) is 2.62. The zero-order chi connectivity index (χ0) is 21.4. The van der Waals surface area contributed by atoms with E-state index < -0.39 is 17.9 Å². The van der Waals surface area contributed by atoms with Crippen molar-refractivity contribution in [2.75, 3.05) is 0 Å². The van der Waals surface area contributed by atoms with Crippen LogP contribution in [0.1, 0.15) is 43.4 Å². The molecule has 0 saturated carbocycles. The normalized spacial score (nSPS) is 11.5. The molecule has 2 rings (SSSR count). The van der Waals surface area contributed by atoms with Gasteiger partial charge in [-0.1, -0.05) is 72.9 Å². The van der Waals surface area contributed by atoms with Crippen LogP contribution >= 0.6 is 34.8 Å². The summed E-state index contributed by atoms with van der Waals surface area (Å²) in [6, 6.07) is 10.9. The van der Waals surface area contributed by atoms with E-state index in [9.17, 15) is 9.59 Å². The topological polar surface area (TPSA) is 74.6 Å². The van der Waals surface area contributed by atoms with Crippen molar-refractivity contribution >= 4 is 46.7 Å². The van der Waals surface area contributed by atoms with Crippen LogP contribution in [0.2, 0.25) is 15.1 Å². The van der Waals surface area contributed by atoms with Crippen LogP contribution in [-0.2, 0) is 22.4 Å². The maximum absolute atomic E-state index is 10.8. The number of carboxylic acids is 2. The van der Waals surface area contributed by atoms with Gasteiger partial charge in [0.2, 0.25) is 0 Å². The fourth-order valence-electron chi connectivity index (χ4n) is 2.44. The van der Waals surface area contributed by atoms with Gasteiger partial charge in [0.25, 0.3) is 0 Å². The Labute approximate surface area is 180 Å². The first-order chi connectivity index (χ1) is 13.0. The maximum atomic E-state index is 10.8. The molecule has 1 atom stereocenters. The lowest BCUT2D eigenvalue weighted by Crippen LogP contribution is -2.07. The van der Waals surface area contributed by atoms with Crippen LogP contribution in [0.3, 0.4) is 0 Å². The number of hydrogen-bond acceptors (Lipinski definition) is 2. The molecule has 0 aliphatic carbocycles. The van der Waals surface area contributed by atoms with Gasteiger partial charge >= 0.3 is 11.9 Å². The highest BCUT2D eigenvalue weighted by Gasteiger charge is 2.13. The summed E-state index contributed by atoms with van der Waals surface area (Å²) in [5, 5.41) is 18.2. The number of carbonyl (C=O) groups is 2. The van der Waals surface area contributed by atoms with E-state index in [2.05, 4.69) is 13.8 Å². The van der Waals surface area contributed by atoms with Gasteiger partial charge < -0.3 is 10.2 Å². The predicted molar refractivity (Wildman–Crippen MR) is 114 cm³/mol. The SMILES string of the molecule is CC(C)Cc1ccc(C(C)C(=O)O)cc1.O=C(O)Cc1c(Cl)ccc(Cl)c1Cl. The summed E-state index contributed by atoms with van der Waals surface area (Å²) in [6.45, 7) is 6.06. The van der Waals surface area contributed by atoms with Crippen LogP contribution < -0.4 is 0 Å². The Hall–Kier alpha value is -1.75. The third-order valence-corrected chi connectivity index (χ3v) is 5.16. The molecule has 0 aliphatic heterocycles. The molecule has 0 saturated heterocycles. The molecule has 0 heterocycles. The predicted octanol–water partition coefficient (Wildman–Crippen LogP) is 6.35. The highest BCUT2D eigenvalue weighted by Crippen LogP contribution is 2.31. The van der Waals surface area contributed by atoms with Gasteiger partial charge in [0.05, 0.1) is 22.4 Å². The second-order valence-electron chi connectivity index (χ2n) is 6.79. The Bertz CT molecular complexity index is 817. The van der Waals surface area contributed by atoms with Crippen LogP contribution in [0.15, 0.2) is 36.4 Å². The van der Waals surface area contributed by atoms with Crippen molar-refractivity contribution in [3.05, 3.63) is 68.2 Å². The number of halogens is 3. The molecule has 0 radical (unpaired) electrons. The van der Waals surface area contributed by atoms with Crippen LogP contribution in [-0.4, -0.2) is 22.2 Å². The molecule has 28 heavy (non-hydrogen) atoms. The van der Waals surface area contributed by atoms with Crippen molar-refractivity contribution in [2.45, 2.75) is 39.5 Å². The first-order valence-corrected chi connectivity index (χ1v) is 9.82. The van der Waals surface area contributed by atoms with E-state index >= 15 is 0 Å². The lowest BCUT2D eigenvalue weighted by Gasteiger charge is -2.09. The second-order valence-corrected chi connectivity index (χ2v) is 7.98. The minimum atomic E-state index is -0.994. The van der Waals surface area contributed by atoms with Gasteiger partial charge in [-0.25, -0.2) is 0 Å². The van der Waals surface area contributed by atoms with Crippen molar-refractivity contribution in [1.29, 1.82) is 0 Å². The van der Waals surface area contributed by atoms with Crippen molar-refractivity contribution in [2.24, 2.45) is 5.92 Å². The molecule has 7 heteroatoms. The Morgan fingerprint density at radius 3 is 1.89 bits per heavy atom. The van der Waals surface area contributed by atoms with Crippen LogP contribution in [0.4, 0.5) is 0 Å². The van der Waals surface area contributed by atoms with Gasteiger partial charge in [-0.3, -0.25) is 9.59 Å². The molecule has 4 nitrogen and oxygen atoms in total. The summed E-state index contributed by atoms with van der Waals surface area (Å²) in [5.41, 5.74) is 2.49. The second kappa shape index (κ2) is 11.3. The minimum absolute atomic E-state index is 0.205. The van der Waals surface area contributed by atoms with Gasteiger partial charge in [-0.15, -0.1) is 0 Å². The first kappa shape index (κ1) is 24.3. The van der Waals surface area contributed by atoms with Gasteiger partial charge in [0.15, 0.2) is 0 Å². The molecule has 0 spiro atoms. The Morgan fingerprint density at radius 2 is 1.43 bits per heavy atom. The van der Waals surface area contributed by atoms with Gasteiger partial charge in [-0.2, -0.15) is 0 Å². The van der Waals surface area contributed by atoms with Crippen LogP contribution in [0, 0.1) is 5.92 Å². The monoisotopic (exact) mass is 444 g/mol.